The summed E-state index contributed by atoms with van der Waals surface area (Å²) >= 11 is 0. The van der Waals surface area contributed by atoms with Gasteiger partial charge in [0.2, 0.25) is 0 Å². The lowest BCUT2D eigenvalue weighted by Crippen LogP contribution is -2.26. The average Bonchev–Trinajstić information content (AvgIpc) is 2.70. The molecule has 18 heavy (non-hydrogen) atoms. The second-order valence-electron chi connectivity index (χ2n) is 5.71. The number of aryl methyl sites for hydroxylation is 1. The van der Waals surface area contributed by atoms with Crippen LogP contribution in [0.2, 0.25) is 0 Å². The van der Waals surface area contributed by atoms with Crippen molar-refractivity contribution in [2.45, 2.75) is 33.2 Å². The Labute approximate surface area is 111 Å². The largest absolute Gasteiger partial charge is 0.337 e. The quantitative estimate of drug-likeness (QED) is 0.768. The Morgan fingerprint density at radius 1 is 1.44 bits per heavy atom. The van der Waals surface area contributed by atoms with Gasteiger partial charge in [-0.2, -0.15) is 0 Å². The van der Waals surface area contributed by atoms with Crippen molar-refractivity contribution in [3.05, 3.63) is 18.2 Å². The van der Waals surface area contributed by atoms with Crippen molar-refractivity contribution in [1.29, 1.82) is 0 Å². The van der Waals surface area contributed by atoms with Gasteiger partial charge in [0.15, 0.2) is 0 Å². The van der Waals surface area contributed by atoms with Crippen molar-refractivity contribution in [1.82, 2.24) is 14.5 Å². The Morgan fingerprint density at radius 3 is 2.67 bits per heavy atom. The fraction of sp³-hybridized carbons (Fsp3) is 0.786. The Kier molecular flexibility index (Phi) is 6.36. The normalized spacial score (nSPS) is 13.5. The Morgan fingerprint density at radius 2 is 2.17 bits per heavy atom. The maximum Gasteiger partial charge on any atom is 0.122 e. The molecular formula is C14H28N4. The van der Waals surface area contributed by atoms with Crippen molar-refractivity contribution in [2.75, 3.05) is 20.1 Å². The Balaban J connectivity index is 2.31. The minimum absolute atomic E-state index is 0.647. The van der Waals surface area contributed by atoms with E-state index in [-0.39, 0.29) is 0 Å². The number of nitrogens with zero attached hydrogens (tertiary/aromatic N) is 3. The molecular weight excluding hydrogens is 224 g/mol. The van der Waals surface area contributed by atoms with Gasteiger partial charge >= 0.3 is 0 Å². The standard InChI is InChI=1S/C14H28N4/c1-12(2)9-13(10-15)5-7-17(3)11-14-16-6-8-18(14)4/h6,8,12-13H,5,7,9-11,15H2,1-4H3. The van der Waals surface area contributed by atoms with Gasteiger partial charge in [-0.25, -0.2) is 4.98 Å². The van der Waals surface area contributed by atoms with Gasteiger partial charge in [-0.05, 0) is 44.8 Å². The maximum absolute atomic E-state index is 5.83. The summed E-state index contributed by atoms with van der Waals surface area (Å²) in [7, 11) is 4.19. The van der Waals surface area contributed by atoms with Crippen LogP contribution in [-0.2, 0) is 13.6 Å². The molecule has 0 aliphatic carbocycles. The fourth-order valence-electron chi connectivity index (χ4n) is 2.27. The molecule has 1 aromatic heterocycles. The Hall–Kier alpha value is -0.870. The summed E-state index contributed by atoms with van der Waals surface area (Å²) in [5.41, 5.74) is 5.83. The maximum atomic E-state index is 5.83. The van der Waals surface area contributed by atoms with E-state index >= 15 is 0 Å². The SMILES string of the molecule is CC(C)CC(CN)CCN(C)Cc1nccn1C. The molecule has 0 saturated heterocycles. The summed E-state index contributed by atoms with van der Waals surface area (Å²) in [4.78, 5) is 6.67. The monoisotopic (exact) mass is 252 g/mol. The zero-order valence-electron chi connectivity index (χ0n) is 12.3. The molecule has 0 bridgehead atoms. The van der Waals surface area contributed by atoms with Crippen molar-refractivity contribution >= 4 is 0 Å². The van der Waals surface area contributed by atoms with E-state index in [0.29, 0.717) is 5.92 Å². The predicted octanol–water partition coefficient (Wildman–Crippen LogP) is 1.86. The first-order chi connectivity index (χ1) is 8.52. The number of hydrogen-bond acceptors (Lipinski definition) is 3. The molecule has 1 atom stereocenters. The molecule has 0 aliphatic heterocycles. The Bertz CT molecular complexity index is 332. The highest BCUT2D eigenvalue weighted by atomic mass is 15.1. The zero-order valence-corrected chi connectivity index (χ0v) is 12.3. The zero-order chi connectivity index (χ0) is 13.5. The third-order valence-corrected chi connectivity index (χ3v) is 3.39. The number of hydrogen-bond donors (Lipinski definition) is 1. The first-order valence-electron chi connectivity index (χ1n) is 6.87. The van der Waals surface area contributed by atoms with Crippen LogP contribution in [0.1, 0.15) is 32.5 Å². The number of aromatic nitrogens is 2. The lowest BCUT2D eigenvalue weighted by Gasteiger charge is -2.21. The lowest BCUT2D eigenvalue weighted by molar-refractivity contribution is 0.271. The third-order valence-electron chi connectivity index (χ3n) is 3.39. The van der Waals surface area contributed by atoms with Gasteiger partial charge in [-0.3, -0.25) is 4.90 Å². The molecule has 104 valence electrons. The van der Waals surface area contributed by atoms with Crippen molar-refractivity contribution in [2.24, 2.45) is 24.6 Å². The van der Waals surface area contributed by atoms with Crippen LogP contribution in [0.3, 0.4) is 0 Å². The highest BCUT2D eigenvalue weighted by molar-refractivity contribution is 4.90. The van der Waals surface area contributed by atoms with Crippen molar-refractivity contribution in [3.8, 4) is 0 Å². The summed E-state index contributed by atoms with van der Waals surface area (Å²) in [6, 6.07) is 0. The predicted molar refractivity (Wildman–Crippen MR) is 76.2 cm³/mol. The van der Waals surface area contributed by atoms with E-state index in [4.69, 9.17) is 5.73 Å². The van der Waals surface area contributed by atoms with Gasteiger partial charge < -0.3 is 10.3 Å². The highest BCUT2D eigenvalue weighted by Gasteiger charge is 2.11. The molecule has 0 saturated carbocycles. The van der Waals surface area contributed by atoms with E-state index in [1.54, 1.807) is 0 Å². The van der Waals surface area contributed by atoms with Gasteiger partial charge in [0, 0.05) is 19.4 Å². The van der Waals surface area contributed by atoms with Crippen LogP contribution in [0.15, 0.2) is 12.4 Å². The van der Waals surface area contributed by atoms with E-state index < -0.39 is 0 Å². The molecule has 1 rings (SSSR count). The second-order valence-corrected chi connectivity index (χ2v) is 5.71. The molecule has 1 aromatic rings. The van der Waals surface area contributed by atoms with Crippen LogP contribution in [0.4, 0.5) is 0 Å². The van der Waals surface area contributed by atoms with Gasteiger partial charge in [0.05, 0.1) is 6.54 Å². The first-order valence-corrected chi connectivity index (χ1v) is 6.87. The molecule has 4 heteroatoms. The summed E-state index contributed by atoms with van der Waals surface area (Å²) in [6.45, 7) is 7.32. The van der Waals surface area contributed by atoms with Crippen LogP contribution in [0.5, 0.6) is 0 Å². The van der Waals surface area contributed by atoms with E-state index in [2.05, 4.69) is 35.3 Å². The van der Waals surface area contributed by atoms with Crippen LogP contribution in [-0.4, -0.2) is 34.6 Å². The van der Waals surface area contributed by atoms with Crippen LogP contribution >= 0.6 is 0 Å². The van der Waals surface area contributed by atoms with Crippen LogP contribution in [0, 0.1) is 11.8 Å². The van der Waals surface area contributed by atoms with Crippen molar-refractivity contribution < 1.29 is 0 Å². The van der Waals surface area contributed by atoms with Gasteiger partial charge in [-0.1, -0.05) is 13.8 Å². The molecule has 2 N–H and O–H groups in total. The summed E-state index contributed by atoms with van der Waals surface area (Å²) in [5.74, 6) is 2.50. The van der Waals surface area contributed by atoms with E-state index in [1.165, 1.54) is 12.8 Å². The minimum atomic E-state index is 0.647. The van der Waals surface area contributed by atoms with Crippen molar-refractivity contribution in [3.63, 3.8) is 0 Å². The van der Waals surface area contributed by atoms with Crippen LogP contribution in [0.25, 0.3) is 0 Å². The smallest absolute Gasteiger partial charge is 0.122 e. The number of rotatable bonds is 8. The summed E-state index contributed by atoms with van der Waals surface area (Å²) in [6.07, 6.45) is 6.25. The average molecular weight is 252 g/mol. The second kappa shape index (κ2) is 7.54. The van der Waals surface area contributed by atoms with Gasteiger partial charge in [0.25, 0.3) is 0 Å². The summed E-state index contributed by atoms with van der Waals surface area (Å²) < 4.78 is 2.07. The topological polar surface area (TPSA) is 47.1 Å². The molecule has 0 radical (unpaired) electrons. The highest BCUT2D eigenvalue weighted by Crippen LogP contribution is 2.14. The van der Waals surface area contributed by atoms with Gasteiger partial charge in [-0.15, -0.1) is 0 Å². The first kappa shape index (κ1) is 15.2. The number of nitrogens with two attached hydrogens (primary N) is 1. The molecule has 1 heterocycles. The summed E-state index contributed by atoms with van der Waals surface area (Å²) in [5, 5.41) is 0. The molecule has 1 unspecified atom stereocenters. The molecule has 0 spiro atoms. The van der Waals surface area contributed by atoms with Crippen LogP contribution < -0.4 is 5.73 Å². The van der Waals surface area contributed by atoms with E-state index in [1.807, 2.05) is 19.4 Å². The number of imidazole rings is 1. The molecule has 0 aromatic carbocycles. The molecule has 0 aliphatic rings. The lowest BCUT2D eigenvalue weighted by atomic mass is 9.94. The van der Waals surface area contributed by atoms with Gasteiger partial charge in [0.1, 0.15) is 5.82 Å². The minimum Gasteiger partial charge on any atom is -0.337 e. The fourth-order valence-corrected chi connectivity index (χ4v) is 2.27. The van der Waals surface area contributed by atoms with E-state index in [0.717, 1.165) is 31.4 Å². The van der Waals surface area contributed by atoms with E-state index in [9.17, 15) is 0 Å². The molecule has 0 amide bonds. The molecule has 4 nitrogen and oxygen atoms in total. The third kappa shape index (κ3) is 5.19. The molecule has 0 fully saturated rings.